The van der Waals surface area contributed by atoms with E-state index in [0.29, 0.717) is 34.5 Å². The highest BCUT2D eigenvalue weighted by Crippen LogP contribution is 2.24. The molecule has 1 aromatic carbocycles. The van der Waals surface area contributed by atoms with Gasteiger partial charge in [-0.15, -0.1) is 10.2 Å². The fourth-order valence-corrected chi connectivity index (χ4v) is 5.17. The van der Waals surface area contributed by atoms with Gasteiger partial charge in [-0.25, -0.2) is 8.42 Å². The molecule has 9 heteroatoms. The van der Waals surface area contributed by atoms with Crippen molar-refractivity contribution in [2.45, 2.75) is 18.1 Å². The molecule has 24 heavy (non-hydrogen) atoms. The predicted molar refractivity (Wildman–Crippen MR) is 91.3 cm³/mol. The van der Waals surface area contributed by atoms with E-state index in [2.05, 4.69) is 10.2 Å². The fraction of sp³-hybridized carbons (Fsp3) is 0.400. The Morgan fingerprint density at radius 1 is 1.29 bits per heavy atom. The van der Waals surface area contributed by atoms with Crippen molar-refractivity contribution in [1.82, 2.24) is 10.2 Å². The van der Waals surface area contributed by atoms with Crippen molar-refractivity contribution in [1.29, 1.82) is 0 Å². The smallest absolute Gasteiger partial charge is 0.277 e. The number of nitrogens with zero attached hydrogens (tertiary/aromatic N) is 2. The standard InChI is InChI=1S/C15H15ClN2O4S2/c16-12-3-1-11(2-4-12)13(19)8-23-15-18-17-14(22-15)7-10-5-6-24(20,21)9-10/h1-4,10H,5-9H2. The second-order valence-electron chi connectivity index (χ2n) is 5.65. The third-order valence-corrected chi connectivity index (χ3v) is 6.64. The highest BCUT2D eigenvalue weighted by atomic mass is 35.5. The molecule has 3 rings (SSSR count). The average molecular weight is 387 g/mol. The van der Waals surface area contributed by atoms with Gasteiger partial charge >= 0.3 is 0 Å². The van der Waals surface area contributed by atoms with E-state index >= 15 is 0 Å². The molecule has 0 bridgehead atoms. The molecule has 0 aliphatic carbocycles. The van der Waals surface area contributed by atoms with E-state index in [1.54, 1.807) is 24.3 Å². The first-order valence-corrected chi connectivity index (χ1v) is 10.5. The number of rotatable bonds is 6. The van der Waals surface area contributed by atoms with E-state index < -0.39 is 9.84 Å². The second kappa shape index (κ2) is 7.25. The normalized spacial score (nSPS) is 19.5. The predicted octanol–water partition coefficient (Wildman–Crippen LogP) is 2.68. The summed E-state index contributed by atoms with van der Waals surface area (Å²) in [6.45, 7) is 0. The number of Topliss-reactive ketones (excluding diaryl/α,β-unsaturated/α-hetero) is 1. The van der Waals surface area contributed by atoms with E-state index in [9.17, 15) is 13.2 Å². The van der Waals surface area contributed by atoms with Crippen molar-refractivity contribution in [3.8, 4) is 0 Å². The second-order valence-corrected chi connectivity index (χ2v) is 9.25. The summed E-state index contributed by atoms with van der Waals surface area (Å²) >= 11 is 6.96. The Kier molecular flexibility index (Phi) is 5.27. The Bertz CT molecular complexity index is 833. The third kappa shape index (κ3) is 4.58. The number of halogens is 1. The number of sulfone groups is 1. The van der Waals surface area contributed by atoms with Crippen molar-refractivity contribution in [3.63, 3.8) is 0 Å². The summed E-state index contributed by atoms with van der Waals surface area (Å²) in [4.78, 5) is 12.1. The summed E-state index contributed by atoms with van der Waals surface area (Å²) in [6.07, 6.45) is 1.08. The zero-order valence-corrected chi connectivity index (χ0v) is 15.0. The van der Waals surface area contributed by atoms with Crippen molar-refractivity contribution in [2.75, 3.05) is 17.3 Å². The molecule has 0 amide bonds. The molecule has 1 saturated heterocycles. The quantitative estimate of drug-likeness (QED) is 0.556. The van der Waals surface area contributed by atoms with Crippen LogP contribution in [0.4, 0.5) is 0 Å². The van der Waals surface area contributed by atoms with Crippen LogP contribution in [0, 0.1) is 5.92 Å². The van der Waals surface area contributed by atoms with Crippen molar-refractivity contribution < 1.29 is 17.6 Å². The largest absolute Gasteiger partial charge is 0.416 e. The van der Waals surface area contributed by atoms with Gasteiger partial charge < -0.3 is 4.42 Å². The molecule has 2 heterocycles. The molecule has 1 aliphatic heterocycles. The number of carbonyl (C=O) groups is 1. The molecule has 0 N–H and O–H groups in total. The van der Waals surface area contributed by atoms with E-state index in [1.165, 1.54) is 11.8 Å². The molecule has 6 nitrogen and oxygen atoms in total. The maximum absolute atomic E-state index is 12.1. The Labute approximate surface area is 148 Å². The van der Waals surface area contributed by atoms with Gasteiger partial charge in [0.2, 0.25) is 5.89 Å². The lowest BCUT2D eigenvalue weighted by Crippen LogP contribution is -2.07. The zero-order valence-electron chi connectivity index (χ0n) is 12.6. The van der Waals surface area contributed by atoms with Crippen molar-refractivity contribution in [3.05, 3.63) is 40.7 Å². The summed E-state index contributed by atoms with van der Waals surface area (Å²) in [6, 6.07) is 6.68. The molecule has 1 unspecified atom stereocenters. The molecule has 2 aromatic rings. The summed E-state index contributed by atoms with van der Waals surface area (Å²) in [7, 11) is -2.91. The van der Waals surface area contributed by atoms with Gasteiger partial charge in [-0.05, 0) is 36.6 Å². The Morgan fingerprint density at radius 2 is 2.04 bits per heavy atom. The number of carbonyl (C=O) groups excluding carboxylic acids is 1. The van der Waals surface area contributed by atoms with Crippen LogP contribution in [-0.2, 0) is 16.3 Å². The van der Waals surface area contributed by atoms with Crippen LogP contribution in [0.5, 0.6) is 0 Å². The van der Waals surface area contributed by atoms with Crippen LogP contribution >= 0.6 is 23.4 Å². The molecule has 0 spiro atoms. The van der Waals surface area contributed by atoms with Crippen LogP contribution < -0.4 is 0 Å². The van der Waals surface area contributed by atoms with Crippen LogP contribution in [0.1, 0.15) is 22.7 Å². The fourth-order valence-electron chi connectivity index (χ4n) is 2.51. The first kappa shape index (κ1) is 17.4. The van der Waals surface area contributed by atoms with Gasteiger partial charge in [0.1, 0.15) is 0 Å². The average Bonchev–Trinajstić information content (AvgIpc) is 3.12. The number of benzene rings is 1. The highest BCUT2D eigenvalue weighted by Gasteiger charge is 2.29. The summed E-state index contributed by atoms with van der Waals surface area (Å²) in [5.41, 5.74) is 0.572. The summed E-state index contributed by atoms with van der Waals surface area (Å²) < 4.78 is 28.4. The number of ketones is 1. The van der Waals surface area contributed by atoms with Gasteiger partial charge in [-0.2, -0.15) is 0 Å². The minimum atomic E-state index is -2.91. The van der Waals surface area contributed by atoms with Crippen LogP contribution in [0.2, 0.25) is 5.02 Å². The maximum Gasteiger partial charge on any atom is 0.277 e. The third-order valence-electron chi connectivity index (χ3n) is 3.73. The molecule has 0 radical (unpaired) electrons. The molecular formula is C15H15ClN2O4S2. The number of thioether (sulfide) groups is 1. The number of hydrogen-bond donors (Lipinski definition) is 0. The maximum atomic E-state index is 12.1. The van der Waals surface area contributed by atoms with Gasteiger partial charge in [0.15, 0.2) is 15.6 Å². The molecule has 1 aromatic heterocycles. The highest BCUT2D eigenvalue weighted by molar-refractivity contribution is 7.99. The molecule has 1 aliphatic rings. The van der Waals surface area contributed by atoms with E-state index in [-0.39, 0.29) is 29.0 Å². The lowest BCUT2D eigenvalue weighted by Gasteiger charge is -2.02. The molecule has 1 atom stereocenters. The molecule has 128 valence electrons. The van der Waals surface area contributed by atoms with Crippen molar-refractivity contribution in [2.24, 2.45) is 5.92 Å². The number of hydrogen-bond acceptors (Lipinski definition) is 7. The summed E-state index contributed by atoms with van der Waals surface area (Å²) in [5, 5.41) is 8.72. The van der Waals surface area contributed by atoms with E-state index in [0.717, 1.165) is 0 Å². The van der Waals surface area contributed by atoms with Gasteiger partial charge in [0.25, 0.3) is 5.22 Å². The van der Waals surface area contributed by atoms with Crippen molar-refractivity contribution >= 4 is 39.0 Å². The van der Waals surface area contributed by atoms with E-state index in [4.69, 9.17) is 16.0 Å². The lowest BCUT2D eigenvalue weighted by molar-refractivity contribution is 0.102. The summed E-state index contributed by atoms with van der Waals surface area (Å²) in [5.74, 6) is 0.970. The van der Waals surface area contributed by atoms with Crippen LogP contribution in [-0.4, -0.2) is 41.7 Å². The minimum absolute atomic E-state index is 0.0315. The van der Waals surface area contributed by atoms with Gasteiger partial charge in [-0.3, -0.25) is 4.79 Å². The van der Waals surface area contributed by atoms with Gasteiger partial charge in [0, 0.05) is 17.0 Å². The Balaban J connectivity index is 1.52. The van der Waals surface area contributed by atoms with Gasteiger partial charge in [-0.1, -0.05) is 23.4 Å². The first-order chi connectivity index (χ1) is 11.4. The van der Waals surface area contributed by atoms with E-state index in [1.807, 2.05) is 0 Å². The topological polar surface area (TPSA) is 90.1 Å². The minimum Gasteiger partial charge on any atom is -0.416 e. The lowest BCUT2D eigenvalue weighted by atomic mass is 10.1. The van der Waals surface area contributed by atoms with Gasteiger partial charge in [0.05, 0.1) is 17.3 Å². The zero-order chi connectivity index (χ0) is 17.2. The SMILES string of the molecule is O=C(CSc1nnc(CC2CCS(=O)(=O)C2)o1)c1ccc(Cl)cc1. The molecule has 0 saturated carbocycles. The Morgan fingerprint density at radius 3 is 2.71 bits per heavy atom. The van der Waals surface area contributed by atoms with Crippen LogP contribution in [0.15, 0.2) is 33.9 Å². The molecule has 1 fully saturated rings. The van der Waals surface area contributed by atoms with Crippen LogP contribution in [0.3, 0.4) is 0 Å². The monoisotopic (exact) mass is 386 g/mol. The van der Waals surface area contributed by atoms with Crippen LogP contribution in [0.25, 0.3) is 0 Å². The first-order valence-electron chi connectivity index (χ1n) is 7.36. The molecular weight excluding hydrogens is 372 g/mol. The Hall–Kier alpha value is -1.38. The number of aromatic nitrogens is 2.